The second-order valence-electron chi connectivity index (χ2n) is 5.91. The Morgan fingerprint density at radius 1 is 1.27 bits per heavy atom. The van der Waals surface area contributed by atoms with Crippen LogP contribution in [0.1, 0.15) is 27.7 Å². The van der Waals surface area contributed by atoms with E-state index in [0.29, 0.717) is 0 Å². The summed E-state index contributed by atoms with van der Waals surface area (Å²) in [6.45, 7) is 14.6. The number of hydrogen-bond acceptors (Lipinski definition) is 1. The minimum Gasteiger partial charge on any atom is -0.387 e. The van der Waals surface area contributed by atoms with Crippen molar-refractivity contribution in [3.63, 3.8) is 0 Å². The predicted octanol–water partition coefficient (Wildman–Crippen LogP) is 3.22. The molecule has 0 spiro atoms. The lowest BCUT2D eigenvalue weighted by atomic mass is 9.87. The molecular formula is C13H24OSi. The molecule has 1 nitrogen and oxygen atoms in total. The second-order valence-corrected chi connectivity index (χ2v) is 10.7. The summed E-state index contributed by atoms with van der Waals surface area (Å²) in [5.74, 6) is 3.22. The molecule has 0 amide bonds. The lowest BCUT2D eigenvalue weighted by Crippen LogP contribution is -2.27. The number of rotatable bonds is 2. The van der Waals surface area contributed by atoms with E-state index in [9.17, 15) is 5.11 Å². The van der Waals surface area contributed by atoms with Gasteiger partial charge in [0, 0.05) is 0 Å². The van der Waals surface area contributed by atoms with Gasteiger partial charge in [-0.2, -0.15) is 0 Å². The zero-order valence-electron chi connectivity index (χ0n) is 11.1. The largest absolute Gasteiger partial charge is 0.387 e. The van der Waals surface area contributed by atoms with Crippen LogP contribution in [0, 0.1) is 16.9 Å². The summed E-state index contributed by atoms with van der Waals surface area (Å²) in [5.41, 5.74) is 4.10. The normalized spacial score (nSPS) is 13.9. The quantitative estimate of drug-likeness (QED) is 0.434. The van der Waals surface area contributed by atoms with Crippen molar-refractivity contribution < 1.29 is 5.11 Å². The third kappa shape index (κ3) is 6.54. The fraction of sp³-hybridized carbons (Fsp3) is 0.692. The Balaban J connectivity index is 4.81. The van der Waals surface area contributed by atoms with Gasteiger partial charge in [-0.25, -0.2) is 0 Å². The molecular weight excluding hydrogens is 200 g/mol. The van der Waals surface area contributed by atoms with Crippen LogP contribution >= 0.6 is 0 Å². The highest BCUT2D eigenvalue weighted by atomic mass is 28.3. The topological polar surface area (TPSA) is 20.2 Å². The summed E-state index contributed by atoms with van der Waals surface area (Å²) in [6, 6.07) is 0. The molecule has 0 aromatic rings. The highest BCUT2D eigenvalue weighted by Crippen LogP contribution is 2.21. The third-order valence-electron chi connectivity index (χ3n) is 1.99. The van der Waals surface area contributed by atoms with Crippen LogP contribution in [0.25, 0.3) is 0 Å². The van der Waals surface area contributed by atoms with Crippen molar-refractivity contribution in [2.45, 2.75) is 53.4 Å². The van der Waals surface area contributed by atoms with Gasteiger partial charge in [-0.15, -0.1) is 11.5 Å². The Labute approximate surface area is 95.6 Å². The van der Waals surface area contributed by atoms with Crippen LogP contribution in [-0.2, 0) is 0 Å². The standard InChI is InChI=1S/C13H24OSi/c1-11(2)10-12(14)13(3,4)8-9-15(5,6)7/h10,12,14H,1-7H3/t12-/m1/s1. The molecule has 2 heteroatoms. The van der Waals surface area contributed by atoms with Crippen molar-refractivity contribution in [1.82, 2.24) is 0 Å². The maximum Gasteiger partial charge on any atom is 0.129 e. The van der Waals surface area contributed by atoms with Crippen LogP contribution in [0.4, 0.5) is 0 Å². The average molecular weight is 224 g/mol. The monoisotopic (exact) mass is 224 g/mol. The Hall–Kier alpha value is -0.523. The van der Waals surface area contributed by atoms with Gasteiger partial charge in [-0.05, 0) is 27.7 Å². The Bertz CT molecular complexity index is 293. The van der Waals surface area contributed by atoms with E-state index in [1.165, 1.54) is 0 Å². The van der Waals surface area contributed by atoms with Crippen molar-refractivity contribution in [2.24, 2.45) is 5.41 Å². The van der Waals surface area contributed by atoms with Crippen LogP contribution in [0.3, 0.4) is 0 Å². The summed E-state index contributed by atoms with van der Waals surface area (Å²) in [5, 5.41) is 9.98. The van der Waals surface area contributed by atoms with Gasteiger partial charge in [0.25, 0.3) is 0 Å². The summed E-state index contributed by atoms with van der Waals surface area (Å²) in [6.07, 6.45) is 1.39. The van der Waals surface area contributed by atoms with Crippen molar-refractivity contribution in [3.8, 4) is 11.5 Å². The molecule has 1 N–H and O–H groups in total. The summed E-state index contributed by atoms with van der Waals surface area (Å²) in [7, 11) is -1.35. The SMILES string of the molecule is CC(C)=C[C@@H](O)C(C)(C)C#C[Si](C)(C)C. The number of hydrogen-bond donors (Lipinski definition) is 1. The van der Waals surface area contributed by atoms with Crippen molar-refractivity contribution >= 4 is 8.07 Å². The lowest BCUT2D eigenvalue weighted by Gasteiger charge is -2.23. The lowest BCUT2D eigenvalue weighted by molar-refractivity contribution is 0.132. The van der Waals surface area contributed by atoms with E-state index < -0.39 is 14.2 Å². The van der Waals surface area contributed by atoms with E-state index >= 15 is 0 Å². The third-order valence-corrected chi connectivity index (χ3v) is 2.87. The molecule has 0 saturated heterocycles. The van der Waals surface area contributed by atoms with E-state index in [2.05, 4.69) is 31.1 Å². The van der Waals surface area contributed by atoms with Gasteiger partial charge < -0.3 is 5.11 Å². The first-order valence-corrected chi connectivity index (χ1v) is 8.92. The molecule has 0 fully saturated rings. The summed E-state index contributed by atoms with van der Waals surface area (Å²) >= 11 is 0. The van der Waals surface area contributed by atoms with Crippen LogP contribution in [0.15, 0.2) is 11.6 Å². The van der Waals surface area contributed by atoms with Crippen LogP contribution < -0.4 is 0 Å². The molecule has 0 bridgehead atoms. The van der Waals surface area contributed by atoms with Crippen LogP contribution in [0.5, 0.6) is 0 Å². The maximum absolute atomic E-state index is 9.98. The van der Waals surface area contributed by atoms with Crippen LogP contribution in [-0.4, -0.2) is 19.3 Å². The number of allylic oxidation sites excluding steroid dienone is 1. The molecule has 0 saturated carbocycles. The minimum absolute atomic E-state index is 0.350. The summed E-state index contributed by atoms with van der Waals surface area (Å²) < 4.78 is 0. The van der Waals surface area contributed by atoms with Gasteiger partial charge >= 0.3 is 0 Å². The highest BCUT2D eigenvalue weighted by Gasteiger charge is 2.24. The molecule has 0 heterocycles. The molecule has 0 aliphatic rings. The first kappa shape index (κ1) is 14.5. The number of aliphatic hydroxyl groups excluding tert-OH is 1. The van der Waals surface area contributed by atoms with Gasteiger partial charge in [0.1, 0.15) is 8.07 Å². The van der Waals surface area contributed by atoms with Gasteiger partial charge in [-0.3, -0.25) is 0 Å². The molecule has 0 aromatic carbocycles. The molecule has 0 unspecified atom stereocenters. The Morgan fingerprint density at radius 2 is 1.73 bits per heavy atom. The zero-order valence-corrected chi connectivity index (χ0v) is 12.1. The first-order valence-electron chi connectivity index (χ1n) is 5.42. The van der Waals surface area contributed by atoms with E-state index in [1.54, 1.807) is 0 Å². The second kappa shape index (κ2) is 5.00. The van der Waals surface area contributed by atoms with E-state index in [4.69, 9.17) is 0 Å². The molecule has 1 atom stereocenters. The van der Waals surface area contributed by atoms with Crippen molar-refractivity contribution in [2.75, 3.05) is 0 Å². The predicted molar refractivity (Wildman–Crippen MR) is 70.3 cm³/mol. The highest BCUT2D eigenvalue weighted by molar-refractivity contribution is 6.83. The average Bonchev–Trinajstić information content (AvgIpc) is 1.98. The van der Waals surface area contributed by atoms with Crippen LogP contribution in [0.2, 0.25) is 19.6 Å². The maximum atomic E-state index is 9.98. The molecule has 0 rings (SSSR count). The van der Waals surface area contributed by atoms with E-state index in [-0.39, 0.29) is 5.41 Å². The molecule has 0 aromatic heterocycles. The molecule has 15 heavy (non-hydrogen) atoms. The minimum atomic E-state index is -1.35. The number of aliphatic hydroxyl groups is 1. The smallest absolute Gasteiger partial charge is 0.129 e. The molecule has 0 aliphatic carbocycles. The molecule has 0 radical (unpaired) electrons. The van der Waals surface area contributed by atoms with Gasteiger partial charge in [0.15, 0.2) is 0 Å². The van der Waals surface area contributed by atoms with Gasteiger partial charge in [0.2, 0.25) is 0 Å². The fourth-order valence-electron chi connectivity index (χ4n) is 0.947. The molecule has 0 aliphatic heterocycles. The van der Waals surface area contributed by atoms with E-state index in [1.807, 2.05) is 33.8 Å². The summed E-state index contributed by atoms with van der Waals surface area (Å²) in [4.78, 5) is 0. The Kier molecular flexibility index (Phi) is 4.83. The van der Waals surface area contributed by atoms with Gasteiger partial charge in [0.05, 0.1) is 11.5 Å². The fourth-order valence-corrected chi connectivity index (χ4v) is 1.64. The van der Waals surface area contributed by atoms with Crippen molar-refractivity contribution in [1.29, 1.82) is 0 Å². The van der Waals surface area contributed by atoms with E-state index in [0.717, 1.165) is 5.57 Å². The molecule has 86 valence electrons. The van der Waals surface area contributed by atoms with Gasteiger partial charge in [-0.1, -0.05) is 31.3 Å². The first-order chi connectivity index (χ1) is 6.54. The van der Waals surface area contributed by atoms with Crippen molar-refractivity contribution in [3.05, 3.63) is 11.6 Å². The Morgan fingerprint density at radius 3 is 2.07 bits per heavy atom. The zero-order chi connectivity index (χ0) is 12.3.